The molecule has 0 N–H and O–H groups in total. The first-order chi connectivity index (χ1) is 3.97. The van der Waals surface area contributed by atoms with Gasteiger partial charge in [0.05, 0.1) is 0 Å². The summed E-state index contributed by atoms with van der Waals surface area (Å²) in [6.07, 6.45) is 7.88. The fourth-order valence-electron chi connectivity index (χ4n) is 0.979. The smallest absolute Gasteiger partial charge is 0.165 e. The van der Waals surface area contributed by atoms with Crippen molar-refractivity contribution in [3.8, 4) is 0 Å². The van der Waals surface area contributed by atoms with Crippen molar-refractivity contribution in [1.82, 2.24) is 0 Å². The van der Waals surface area contributed by atoms with Crippen LogP contribution < -0.4 is 0 Å². The van der Waals surface area contributed by atoms with Gasteiger partial charge < -0.3 is 4.74 Å². The van der Waals surface area contributed by atoms with Crippen molar-refractivity contribution in [2.45, 2.75) is 19.3 Å². The Kier molecular flexibility index (Phi) is 0.720. The molecule has 0 unspecified atom stereocenters. The molecule has 1 aliphatic heterocycles. The summed E-state index contributed by atoms with van der Waals surface area (Å²) in [4.78, 5) is 0. The van der Waals surface area contributed by atoms with E-state index in [0.717, 1.165) is 12.2 Å². The zero-order chi connectivity index (χ0) is 5.40. The van der Waals surface area contributed by atoms with Gasteiger partial charge in [-0.1, -0.05) is 6.08 Å². The third-order valence-electron chi connectivity index (χ3n) is 1.51. The maximum absolute atomic E-state index is 5.10. The number of rotatable bonds is 0. The average Bonchev–Trinajstić information content (AvgIpc) is 2.36. The van der Waals surface area contributed by atoms with Crippen LogP contribution in [0.2, 0.25) is 0 Å². The highest BCUT2D eigenvalue weighted by Crippen LogP contribution is 2.33. The summed E-state index contributed by atoms with van der Waals surface area (Å²) in [6, 6.07) is 0. The predicted molar refractivity (Wildman–Crippen MR) is 31.1 cm³/mol. The first-order valence-corrected chi connectivity index (χ1v) is 3.04. The Labute approximate surface area is 48.7 Å². The third-order valence-corrected chi connectivity index (χ3v) is 1.51. The van der Waals surface area contributed by atoms with E-state index in [1.165, 1.54) is 18.6 Å². The van der Waals surface area contributed by atoms with Crippen molar-refractivity contribution < 1.29 is 4.74 Å². The lowest BCUT2D eigenvalue weighted by Crippen LogP contribution is -1.69. The van der Waals surface area contributed by atoms with Gasteiger partial charge in [-0.15, -0.1) is 0 Å². The molecule has 0 saturated heterocycles. The van der Waals surface area contributed by atoms with E-state index in [4.69, 9.17) is 4.74 Å². The van der Waals surface area contributed by atoms with E-state index in [-0.39, 0.29) is 0 Å². The zero-order valence-electron chi connectivity index (χ0n) is 4.68. The largest absolute Gasteiger partial charge is 0.454 e. The zero-order valence-corrected chi connectivity index (χ0v) is 4.68. The summed E-state index contributed by atoms with van der Waals surface area (Å²) in [5.41, 5.74) is 0. The van der Waals surface area contributed by atoms with Crippen LogP contribution in [0.3, 0.4) is 0 Å². The van der Waals surface area contributed by atoms with Crippen LogP contribution in [0.5, 0.6) is 0 Å². The fraction of sp³-hybridized carbons (Fsp3) is 0.429. The topological polar surface area (TPSA) is 12.5 Å². The van der Waals surface area contributed by atoms with Gasteiger partial charge in [-0.05, 0) is 18.9 Å². The summed E-state index contributed by atoms with van der Waals surface area (Å²) < 4.78 is 5.10. The molecular formula is C7H8O. The van der Waals surface area contributed by atoms with Crippen molar-refractivity contribution in [2.75, 3.05) is 0 Å². The van der Waals surface area contributed by atoms with E-state index in [0.29, 0.717) is 0 Å². The molecule has 1 nitrogen and oxygen atoms in total. The van der Waals surface area contributed by atoms with Gasteiger partial charge in [0.1, 0.15) is 5.76 Å². The highest BCUT2D eigenvalue weighted by Gasteiger charge is 2.22. The third kappa shape index (κ3) is 0.548. The maximum Gasteiger partial charge on any atom is 0.165 e. The first kappa shape index (κ1) is 4.19. The second-order valence-corrected chi connectivity index (χ2v) is 2.18. The minimum atomic E-state index is 1.13. The van der Waals surface area contributed by atoms with Gasteiger partial charge in [0, 0.05) is 6.42 Å². The molecule has 0 aromatic rings. The van der Waals surface area contributed by atoms with Gasteiger partial charge in [0.25, 0.3) is 0 Å². The Morgan fingerprint density at radius 1 is 1.50 bits per heavy atom. The second kappa shape index (κ2) is 1.38. The summed E-state index contributed by atoms with van der Waals surface area (Å²) in [7, 11) is 0. The van der Waals surface area contributed by atoms with Crippen molar-refractivity contribution in [2.24, 2.45) is 0 Å². The van der Waals surface area contributed by atoms with Crippen molar-refractivity contribution in [3.63, 3.8) is 0 Å². The van der Waals surface area contributed by atoms with Gasteiger partial charge in [-0.2, -0.15) is 0 Å². The number of allylic oxidation sites excluding steroid dienone is 3. The fourth-order valence-corrected chi connectivity index (χ4v) is 0.979. The van der Waals surface area contributed by atoms with E-state index >= 15 is 0 Å². The standard InChI is InChI=1S/C7H8O/c1-2-4-6-7(8-6)5-3-1/h2,4H,1,3,5H2. The average molecular weight is 108 g/mol. The predicted octanol–water partition coefficient (Wildman–Crippen LogP) is 1.97. The lowest BCUT2D eigenvalue weighted by molar-refractivity contribution is 0.456. The lowest BCUT2D eigenvalue weighted by atomic mass is 10.2. The summed E-state index contributed by atoms with van der Waals surface area (Å²) in [6.45, 7) is 0. The van der Waals surface area contributed by atoms with Crippen molar-refractivity contribution >= 4 is 0 Å². The molecule has 0 saturated carbocycles. The van der Waals surface area contributed by atoms with Crippen LogP contribution in [-0.2, 0) is 4.74 Å². The van der Waals surface area contributed by atoms with Gasteiger partial charge in [0.15, 0.2) is 5.76 Å². The Bertz CT molecular complexity index is 165. The molecule has 0 amide bonds. The molecule has 42 valence electrons. The molecule has 1 aliphatic carbocycles. The number of hydrogen-bond acceptors (Lipinski definition) is 1. The second-order valence-electron chi connectivity index (χ2n) is 2.18. The molecule has 0 aromatic carbocycles. The number of hydrogen-bond donors (Lipinski definition) is 0. The maximum atomic E-state index is 5.10. The molecule has 0 bridgehead atoms. The van der Waals surface area contributed by atoms with Crippen molar-refractivity contribution in [1.29, 1.82) is 0 Å². The normalized spacial score (nSPS) is 24.0. The molecule has 8 heavy (non-hydrogen) atoms. The van der Waals surface area contributed by atoms with E-state index in [2.05, 4.69) is 12.2 Å². The van der Waals surface area contributed by atoms with Gasteiger partial charge >= 0.3 is 0 Å². The Hall–Kier alpha value is -0.720. The van der Waals surface area contributed by atoms with Crippen LogP contribution in [-0.4, -0.2) is 0 Å². The van der Waals surface area contributed by atoms with E-state index < -0.39 is 0 Å². The van der Waals surface area contributed by atoms with Gasteiger partial charge in [-0.3, -0.25) is 0 Å². The van der Waals surface area contributed by atoms with Gasteiger partial charge in [-0.25, -0.2) is 0 Å². The Balaban J connectivity index is 2.18. The van der Waals surface area contributed by atoms with Crippen LogP contribution >= 0.6 is 0 Å². The van der Waals surface area contributed by atoms with Crippen LogP contribution in [0.25, 0.3) is 0 Å². The molecule has 1 heteroatoms. The molecule has 2 aliphatic rings. The van der Waals surface area contributed by atoms with Crippen LogP contribution in [0.1, 0.15) is 19.3 Å². The van der Waals surface area contributed by atoms with E-state index in [1.807, 2.05) is 0 Å². The van der Waals surface area contributed by atoms with Crippen LogP contribution in [0, 0.1) is 0 Å². The minimum absolute atomic E-state index is 1.13. The lowest BCUT2D eigenvalue weighted by Gasteiger charge is -1.87. The summed E-state index contributed by atoms with van der Waals surface area (Å²) in [5.74, 6) is 2.35. The summed E-state index contributed by atoms with van der Waals surface area (Å²) >= 11 is 0. The monoisotopic (exact) mass is 108 g/mol. The quantitative estimate of drug-likeness (QED) is 0.462. The van der Waals surface area contributed by atoms with Crippen LogP contribution in [0.4, 0.5) is 0 Å². The molecule has 0 fully saturated rings. The minimum Gasteiger partial charge on any atom is -0.454 e. The molecule has 1 heterocycles. The molecule has 0 spiro atoms. The highest BCUT2D eigenvalue weighted by molar-refractivity contribution is 5.30. The Morgan fingerprint density at radius 3 is 3.50 bits per heavy atom. The molecule has 0 radical (unpaired) electrons. The highest BCUT2D eigenvalue weighted by atomic mass is 16.6. The molecule has 0 aromatic heterocycles. The molecule has 0 atom stereocenters. The van der Waals surface area contributed by atoms with Crippen molar-refractivity contribution in [3.05, 3.63) is 23.7 Å². The van der Waals surface area contributed by atoms with E-state index in [1.54, 1.807) is 0 Å². The molecular weight excluding hydrogens is 100 g/mol. The summed E-state index contributed by atoms with van der Waals surface area (Å²) in [5, 5.41) is 0. The SMILES string of the molecule is C1=CC2=C(CCC1)O2. The first-order valence-electron chi connectivity index (χ1n) is 3.04. The number of ether oxygens (including phenoxy) is 1. The Morgan fingerprint density at radius 2 is 2.50 bits per heavy atom. The van der Waals surface area contributed by atoms with E-state index in [9.17, 15) is 0 Å². The molecule has 2 rings (SSSR count). The van der Waals surface area contributed by atoms with Crippen LogP contribution in [0.15, 0.2) is 23.7 Å². The van der Waals surface area contributed by atoms with Gasteiger partial charge in [0.2, 0.25) is 0 Å².